The fourth-order valence-electron chi connectivity index (χ4n) is 1.07. The molecule has 6 heteroatoms. The summed E-state index contributed by atoms with van der Waals surface area (Å²) >= 11 is 0. The first-order chi connectivity index (χ1) is 6.50. The van der Waals surface area contributed by atoms with Gasteiger partial charge in [-0.2, -0.15) is 11.6 Å². The maximum atomic E-state index is 10.4. The predicted molar refractivity (Wildman–Crippen MR) is 48.0 cm³/mol. The zero-order chi connectivity index (χ0) is 10.7. The first-order valence-corrected chi connectivity index (χ1v) is 3.88. The first kappa shape index (κ1) is 14.2. The smallest absolute Gasteiger partial charge is 0.296 e. The molecule has 1 aromatic rings. The number of carboxylic acid groups (broad SMARTS) is 1. The Labute approximate surface area is 112 Å². The number of carboxylic acids is 1. The molecule has 0 spiro atoms. The van der Waals surface area contributed by atoms with Crippen molar-refractivity contribution in [3.63, 3.8) is 0 Å². The van der Waals surface area contributed by atoms with Crippen molar-refractivity contribution in [2.45, 2.75) is 13.3 Å². The fourth-order valence-corrected chi connectivity index (χ4v) is 1.07. The molecule has 0 heterocycles. The van der Waals surface area contributed by atoms with E-state index in [0.29, 0.717) is 11.1 Å². The van der Waals surface area contributed by atoms with Crippen LogP contribution in [0, 0.1) is 23.1 Å². The van der Waals surface area contributed by atoms with Gasteiger partial charge in [0.25, 0.3) is 5.97 Å². The predicted octanol–water partition coefficient (Wildman–Crippen LogP) is 1.33. The van der Waals surface area contributed by atoms with Crippen molar-refractivity contribution in [3.8, 4) is 0 Å². The molecule has 1 rings (SSSR count). The summed E-state index contributed by atoms with van der Waals surface area (Å²) in [6.07, 6.45) is -0.139. The molecule has 77 valence electrons. The van der Waals surface area contributed by atoms with Crippen molar-refractivity contribution >= 4 is 11.7 Å². The average molecular weight is 283 g/mol. The molecule has 5 nitrogen and oxygen atoms in total. The Hall–Kier alpha value is -0.806. The summed E-state index contributed by atoms with van der Waals surface area (Å²) in [5.41, 5.74) is 0.998. The summed E-state index contributed by atoms with van der Waals surface area (Å²) < 4.78 is 0. The van der Waals surface area contributed by atoms with Crippen LogP contribution in [0.1, 0.15) is 11.1 Å². The topological polar surface area (TPSA) is 80.4 Å². The number of carbonyl (C=O) groups is 1. The molecule has 1 radical (unpaired) electrons. The van der Waals surface area contributed by atoms with E-state index in [1.165, 1.54) is 12.1 Å². The van der Waals surface area contributed by atoms with Gasteiger partial charge in [0.1, 0.15) is 0 Å². The van der Waals surface area contributed by atoms with E-state index in [2.05, 4.69) is 6.07 Å². The number of nitrogens with zero attached hydrogens (tertiary/aromatic N) is 1. The molecule has 0 saturated carbocycles. The van der Waals surface area contributed by atoms with Crippen LogP contribution in [-0.4, -0.2) is 16.0 Å². The summed E-state index contributed by atoms with van der Waals surface area (Å²) in [5, 5.41) is 18.9. The molecule has 1 aromatic carbocycles. The molecule has 0 saturated heterocycles. The molecular weight excluding hydrogens is 275 g/mol. The quantitative estimate of drug-likeness (QED) is 0.515. The Bertz CT molecular complexity index is 392. The van der Waals surface area contributed by atoms with E-state index in [1.807, 2.05) is 0 Å². The summed E-state index contributed by atoms with van der Waals surface area (Å²) in [7, 11) is 0. The van der Waals surface area contributed by atoms with Crippen molar-refractivity contribution in [1.29, 1.82) is 0 Å². The normalized spacial score (nSPS) is 9.13. The van der Waals surface area contributed by atoms with E-state index in [9.17, 15) is 14.9 Å². The molecule has 0 amide bonds. The molecule has 0 aromatic heterocycles. The minimum absolute atomic E-state index is 0. The number of hydrogen-bond donors (Lipinski definition) is 1. The summed E-state index contributed by atoms with van der Waals surface area (Å²) in [5.74, 6) is -0.963. The first-order valence-electron chi connectivity index (χ1n) is 3.88. The number of non-ortho nitro benzene ring substituents is 1. The molecule has 15 heavy (non-hydrogen) atoms. The van der Waals surface area contributed by atoms with Gasteiger partial charge in [0.2, 0.25) is 0 Å². The number of aryl methyl sites for hydroxylation is 1. The number of hydrogen-bond acceptors (Lipinski definition) is 3. The molecule has 0 aliphatic carbocycles. The van der Waals surface area contributed by atoms with E-state index in [1.54, 1.807) is 6.92 Å². The molecule has 1 N–H and O–H groups in total. The van der Waals surface area contributed by atoms with Crippen LogP contribution in [0.2, 0.25) is 0 Å². The van der Waals surface area contributed by atoms with E-state index < -0.39 is 10.9 Å². The van der Waals surface area contributed by atoms with Gasteiger partial charge in [-0.3, -0.25) is 14.9 Å². The minimum Gasteiger partial charge on any atom is -0.482 e. The van der Waals surface area contributed by atoms with Crippen molar-refractivity contribution in [2.75, 3.05) is 0 Å². The van der Waals surface area contributed by atoms with E-state index in [4.69, 9.17) is 5.11 Å². The van der Waals surface area contributed by atoms with Crippen LogP contribution in [0.15, 0.2) is 12.1 Å². The molecule has 0 unspecified atom stereocenters. The Morgan fingerprint density at radius 1 is 1.67 bits per heavy atom. The van der Waals surface area contributed by atoms with Gasteiger partial charge >= 0.3 is 0 Å². The summed E-state index contributed by atoms with van der Waals surface area (Å²) in [6.45, 7) is 1.64. The third kappa shape index (κ3) is 4.05. The van der Waals surface area contributed by atoms with Gasteiger partial charge in [0.15, 0.2) is 5.69 Å². The van der Waals surface area contributed by atoms with Crippen molar-refractivity contribution < 1.29 is 47.5 Å². The maximum Gasteiger partial charge on any atom is 0.296 e. The van der Waals surface area contributed by atoms with Gasteiger partial charge in [-0.25, -0.2) is 0 Å². The standard InChI is InChI=1S/C9H8NO4.Y/c1-6-4-8(10(13)14)3-2-7(6)5-9(11)12;/h2,4H,5H2,1H3,(H,11,12);/q-1;. The van der Waals surface area contributed by atoms with Gasteiger partial charge in [-0.15, -0.1) is 11.6 Å². The molecule has 0 aliphatic heterocycles. The maximum absolute atomic E-state index is 10.4. The van der Waals surface area contributed by atoms with Crippen LogP contribution < -0.4 is 0 Å². The second-order valence-electron chi connectivity index (χ2n) is 2.85. The van der Waals surface area contributed by atoms with Gasteiger partial charge in [-0.05, 0) is 0 Å². The minimum atomic E-state index is -0.963. The number of nitro benzene ring substituents is 1. The summed E-state index contributed by atoms with van der Waals surface area (Å²) in [4.78, 5) is 20.2. The zero-order valence-electron chi connectivity index (χ0n) is 8.06. The van der Waals surface area contributed by atoms with E-state index in [-0.39, 0.29) is 44.8 Å². The third-order valence-electron chi connectivity index (χ3n) is 1.79. The van der Waals surface area contributed by atoms with Gasteiger partial charge in [0.05, 0.1) is 0 Å². The Morgan fingerprint density at radius 3 is 2.67 bits per heavy atom. The van der Waals surface area contributed by atoms with Crippen molar-refractivity contribution in [3.05, 3.63) is 39.4 Å². The molecule has 0 bridgehead atoms. The molecular formula is C9H8NO4Y-. The number of rotatable bonds is 3. The molecule has 0 fully saturated rings. The average Bonchev–Trinajstić information content (AvgIpc) is 2.07. The third-order valence-corrected chi connectivity index (χ3v) is 1.79. The largest absolute Gasteiger partial charge is 0.482 e. The van der Waals surface area contributed by atoms with Gasteiger partial charge in [-0.1, -0.05) is 13.0 Å². The number of aliphatic carboxylic acids is 1. The molecule has 0 aliphatic rings. The van der Waals surface area contributed by atoms with Crippen LogP contribution in [0.4, 0.5) is 5.69 Å². The van der Waals surface area contributed by atoms with Crippen LogP contribution in [0.25, 0.3) is 0 Å². The Balaban J connectivity index is 0.00000196. The Morgan fingerprint density at radius 2 is 2.27 bits per heavy atom. The van der Waals surface area contributed by atoms with Gasteiger partial charge < -0.3 is 5.11 Å². The van der Waals surface area contributed by atoms with Crippen LogP contribution in [0.5, 0.6) is 0 Å². The Kier molecular flexibility index (Phi) is 5.61. The number of nitro groups is 1. The van der Waals surface area contributed by atoms with Crippen LogP contribution in [-0.2, 0) is 43.9 Å². The second kappa shape index (κ2) is 5.93. The van der Waals surface area contributed by atoms with Crippen LogP contribution >= 0.6 is 0 Å². The van der Waals surface area contributed by atoms with Crippen molar-refractivity contribution in [2.24, 2.45) is 0 Å². The van der Waals surface area contributed by atoms with E-state index in [0.717, 1.165) is 0 Å². The fraction of sp³-hybridized carbons (Fsp3) is 0.222. The molecule has 0 atom stereocenters. The van der Waals surface area contributed by atoms with Gasteiger partial charge in [0, 0.05) is 44.1 Å². The SMILES string of the molecule is Cc1cc([N+](=O)[O-])[c-]cc1CC(=O)O.[Y]. The number of benzene rings is 1. The zero-order valence-corrected chi connectivity index (χ0v) is 10.9. The summed E-state index contributed by atoms with van der Waals surface area (Å²) in [6, 6.07) is 5.09. The second-order valence-corrected chi connectivity index (χ2v) is 2.85. The van der Waals surface area contributed by atoms with Crippen molar-refractivity contribution in [1.82, 2.24) is 0 Å². The van der Waals surface area contributed by atoms with E-state index >= 15 is 0 Å². The monoisotopic (exact) mass is 283 g/mol. The van der Waals surface area contributed by atoms with Crippen LogP contribution in [0.3, 0.4) is 0 Å².